The average Bonchev–Trinajstić information content (AvgIpc) is 2.52. The summed E-state index contributed by atoms with van der Waals surface area (Å²) in [5.41, 5.74) is 2.34. The van der Waals surface area contributed by atoms with Crippen LogP contribution in [0.5, 0.6) is 0 Å². The van der Waals surface area contributed by atoms with Crippen LogP contribution in [0, 0.1) is 6.92 Å². The van der Waals surface area contributed by atoms with Crippen LogP contribution in [0.3, 0.4) is 0 Å². The fraction of sp³-hybridized carbons (Fsp3) is 0.529. The molecule has 0 saturated carbocycles. The van der Waals surface area contributed by atoms with Crippen LogP contribution in [-0.2, 0) is 4.79 Å². The number of halogens is 3. The molecular weight excluding hydrogens is 333 g/mol. The molecule has 1 amide bonds. The largest absolute Gasteiger partial charge is 0.406 e. The van der Waals surface area contributed by atoms with Crippen LogP contribution in [0.4, 0.5) is 13.2 Å². The van der Waals surface area contributed by atoms with E-state index in [9.17, 15) is 18.0 Å². The van der Waals surface area contributed by atoms with Crippen molar-refractivity contribution in [1.82, 2.24) is 15.5 Å². The van der Waals surface area contributed by atoms with E-state index < -0.39 is 18.6 Å². The van der Waals surface area contributed by atoms with Gasteiger partial charge in [-0.3, -0.25) is 9.79 Å². The Hall–Kier alpha value is -2.25. The Balaban J connectivity index is 2.46. The lowest BCUT2D eigenvalue weighted by Gasteiger charge is -2.20. The van der Waals surface area contributed by atoms with Crippen molar-refractivity contribution in [2.45, 2.75) is 25.9 Å². The second-order valence-corrected chi connectivity index (χ2v) is 5.99. The maximum Gasteiger partial charge on any atom is 0.406 e. The van der Waals surface area contributed by atoms with Gasteiger partial charge in [-0.25, -0.2) is 0 Å². The smallest absolute Gasteiger partial charge is 0.356 e. The molecule has 0 aliphatic heterocycles. The van der Waals surface area contributed by atoms with E-state index in [2.05, 4.69) is 28.6 Å². The van der Waals surface area contributed by atoms with Crippen molar-refractivity contribution < 1.29 is 18.0 Å². The highest BCUT2D eigenvalue weighted by molar-refractivity contribution is 5.86. The molecule has 5 nitrogen and oxygen atoms in total. The highest BCUT2D eigenvalue weighted by Gasteiger charge is 2.31. The number of hydrogen-bond acceptors (Lipinski definition) is 2. The summed E-state index contributed by atoms with van der Waals surface area (Å²) < 4.78 is 36.8. The normalized spacial score (nSPS) is 13.3. The van der Waals surface area contributed by atoms with Crippen molar-refractivity contribution in [2.24, 2.45) is 4.99 Å². The molecule has 0 fully saturated rings. The number of guanidine groups is 1. The number of hydrogen-bond donors (Lipinski definition) is 2. The van der Waals surface area contributed by atoms with E-state index >= 15 is 0 Å². The molecular formula is C17H25F3N4O. The van der Waals surface area contributed by atoms with E-state index in [-0.39, 0.29) is 12.5 Å². The highest BCUT2D eigenvalue weighted by atomic mass is 19.4. The predicted molar refractivity (Wildman–Crippen MR) is 92.7 cm³/mol. The van der Waals surface area contributed by atoms with Crippen LogP contribution in [0.2, 0.25) is 0 Å². The molecule has 1 aromatic carbocycles. The van der Waals surface area contributed by atoms with E-state index in [1.165, 1.54) is 18.2 Å². The van der Waals surface area contributed by atoms with Crippen molar-refractivity contribution >= 4 is 11.9 Å². The topological polar surface area (TPSA) is 56.7 Å². The minimum atomic E-state index is -4.41. The number of amides is 1. The number of alkyl halides is 3. The van der Waals surface area contributed by atoms with Crippen LogP contribution in [-0.4, -0.2) is 56.7 Å². The Morgan fingerprint density at radius 1 is 1.32 bits per heavy atom. The molecule has 0 aromatic heterocycles. The fourth-order valence-electron chi connectivity index (χ4n) is 2.22. The zero-order chi connectivity index (χ0) is 19.0. The van der Waals surface area contributed by atoms with Gasteiger partial charge in [-0.05, 0) is 18.4 Å². The molecule has 0 heterocycles. The first-order valence-corrected chi connectivity index (χ1v) is 7.94. The van der Waals surface area contributed by atoms with Gasteiger partial charge in [0.15, 0.2) is 5.96 Å². The van der Waals surface area contributed by atoms with Gasteiger partial charge in [-0.1, -0.05) is 36.8 Å². The molecule has 0 aliphatic carbocycles. The van der Waals surface area contributed by atoms with Crippen LogP contribution < -0.4 is 10.6 Å². The van der Waals surface area contributed by atoms with Gasteiger partial charge in [0.1, 0.15) is 6.54 Å². The minimum absolute atomic E-state index is 0.210. The fourth-order valence-corrected chi connectivity index (χ4v) is 2.22. The standard InChI is InChI=1S/C17H25F3N4O/c1-12-6-5-7-14(8-12)13(2)9-22-16(21-3)23-10-15(25)24(4)11-17(18,19)20/h5-8,13H,9-11H2,1-4H3,(H2,21,22,23). The van der Waals surface area contributed by atoms with Gasteiger partial charge >= 0.3 is 6.18 Å². The first-order chi connectivity index (χ1) is 11.6. The first kappa shape index (κ1) is 20.8. The SMILES string of the molecule is CN=C(NCC(=O)N(C)CC(F)(F)F)NCC(C)c1cccc(C)c1. The van der Waals surface area contributed by atoms with Crippen LogP contribution in [0.15, 0.2) is 29.3 Å². The molecule has 0 aliphatic rings. The van der Waals surface area contributed by atoms with Crippen LogP contribution in [0.25, 0.3) is 0 Å². The van der Waals surface area contributed by atoms with Crippen molar-refractivity contribution in [2.75, 3.05) is 33.7 Å². The van der Waals surface area contributed by atoms with Gasteiger partial charge in [-0.2, -0.15) is 13.2 Å². The van der Waals surface area contributed by atoms with Gasteiger partial charge < -0.3 is 15.5 Å². The molecule has 8 heteroatoms. The van der Waals surface area contributed by atoms with Crippen molar-refractivity contribution in [3.63, 3.8) is 0 Å². The third-order valence-corrected chi connectivity index (χ3v) is 3.66. The third kappa shape index (κ3) is 7.91. The number of aryl methyl sites for hydroxylation is 1. The summed E-state index contributed by atoms with van der Waals surface area (Å²) in [6.07, 6.45) is -4.41. The first-order valence-electron chi connectivity index (χ1n) is 7.94. The van der Waals surface area contributed by atoms with E-state index in [0.717, 1.165) is 7.05 Å². The number of nitrogens with one attached hydrogen (secondary N) is 2. The Bertz CT molecular complexity index is 602. The van der Waals surface area contributed by atoms with Gasteiger partial charge in [0.25, 0.3) is 0 Å². The molecule has 0 saturated heterocycles. The molecule has 0 radical (unpaired) electrons. The van der Waals surface area contributed by atoms with Crippen molar-refractivity contribution in [1.29, 1.82) is 0 Å². The molecule has 1 rings (SSSR count). The van der Waals surface area contributed by atoms with E-state index in [1.807, 2.05) is 25.1 Å². The molecule has 2 N–H and O–H groups in total. The number of aliphatic imine (C=N–C) groups is 1. The lowest BCUT2D eigenvalue weighted by molar-refractivity contribution is -0.157. The molecule has 25 heavy (non-hydrogen) atoms. The van der Waals surface area contributed by atoms with Crippen molar-refractivity contribution in [3.05, 3.63) is 35.4 Å². The predicted octanol–water partition coefficient (Wildman–Crippen LogP) is 2.28. The molecule has 1 unspecified atom stereocenters. The minimum Gasteiger partial charge on any atom is -0.356 e. The zero-order valence-corrected chi connectivity index (χ0v) is 14.9. The lowest BCUT2D eigenvalue weighted by atomic mass is 9.99. The Morgan fingerprint density at radius 2 is 2.00 bits per heavy atom. The summed E-state index contributed by atoms with van der Waals surface area (Å²) in [7, 11) is 2.66. The summed E-state index contributed by atoms with van der Waals surface area (Å²) in [6.45, 7) is 3.12. The summed E-state index contributed by atoms with van der Waals surface area (Å²) >= 11 is 0. The van der Waals surface area contributed by atoms with E-state index in [4.69, 9.17) is 0 Å². The second kappa shape index (κ2) is 9.29. The summed E-state index contributed by atoms with van der Waals surface area (Å²) in [5.74, 6) is -0.0812. The number of carbonyl (C=O) groups excluding carboxylic acids is 1. The molecule has 0 spiro atoms. The molecule has 1 aromatic rings. The Kier molecular flexibility index (Phi) is 7.73. The Labute approximate surface area is 146 Å². The van der Waals surface area contributed by atoms with Crippen LogP contribution in [0.1, 0.15) is 24.0 Å². The van der Waals surface area contributed by atoms with Crippen molar-refractivity contribution in [3.8, 4) is 0 Å². The second-order valence-electron chi connectivity index (χ2n) is 5.99. The maximum absolute atomic E-state index is 12.3. The maximum atomic E-state index is 12.3. The van der Waals surface area contributed by atoms with Gasteiger partial charge in [0, 0.05) is 20.6 Å². The van der Waals surface area contributed by atoms with E-state index in [0.29, 0.717) is 17.4 Å². The summed E-state index contributed by atoms with van der Waals surface area (Å²) in [6, 6.07) is 8.14. The van der Waals surface area contributed by atoms with E-state index in [1.54, 1.807) is 0 Å². The number of nitrogens with zero attached hydrogens (tertiary/aromatic N) is 2. The zero-order valence-electron chi connectivity index (χ0n) is 14.9. The average molecular weight is 358 g/mol. The summed E-state index contributed by atoms with van der Waals surface area (Å²) in [4.78, 5) is 16.3. The van der Waals surface area contributed by atoms with Gasteiger partial charge in [-0.15, -0.1) is 0 Å². The van der Waals surface area contributed by atoms with Gasteiger partial charge in [0.05, 0.1) is 6.54 Å². The number of likely N-dealkylation sites (N-methyl/N-ethyl adjacent to an activating group) is 1. The highest BCUT2D eigenvalue weighted by Crippen LogP contribution is 2.16. The monoisotopic (exact) mass is 358 g/mol. The summed E-state index contributed by atoms with van der Waals surface area (Å²) in [5, 5.41) is 5.81. The number of rotatable bonds is 6. The third-order valence-electron chi connectivity index (χ3n) is 3.66. The number of carbonyl (C=O) groups is 1. The molecule has 140 valence electrons. The van der Waals surface area contributed by atoms with Gasteiger partial charge in [0.2, 0.25) is 5.91 Å². The van der Waals surface area contributed by atoms with Crippen LogP contribution >= 0.6 is 0 Å². The molecule has 1 atom stereocenters. The Morgan fingerprint density at radius 3 is 2.56 bits per heavy atom. The number of benzene rings is 1. The molecule has 0 bridgehead atoms. The lowest BCUT2D eigenvalue weighted by Crippen LogP contribution is -2.46. The quantitative estimate of drug-likeness (QED) is 0.606.